The molecule has 0 aromatic rings. The van der Waals surface area contributed by atoms with E-state index < -0.39 is 0 Å². The molecule has 0 aliphatic heterocycles. The summed E-state index contributed by atoms with van der Waals surface area (Å²) in [6.07, 6.45) is 7.06. The lowest BCUT2D eigenvalue weighted by atomic mass is 10.0. The van der Waals surface area contributed by atoms with Gasteiger partial charge in [-0.2, -0.15) is 0 Å². The number of hydrogen-bond donors (Lipinski definition) is 2. The normalized spacial score (nSPS) is 13.5. The van der Waals surface area contributed by atoms with Crippen molar-refractivity contribution in [3.63, 3.8) is 0 Å². The molecule has 14 heavy (non-hydrogen) atoms. The van der Waals surface area contributed by atoms with Gasteiger partial charge in [0.25, 0.3) is 0 Å². The molecule has 0 unspecified atom stereocenters. The monoisotopic (exact) mass is 201 g/mol. The van der Waals surface area contributed by atoms with E-state index in [-0.39, 0.29) is 0 Å². The second kappa shape index (κ2) is 9.47. The fourth-order valence-electron chi connectivity index (χ4n) is 1.89. The first-order valence-corrected chi connectivity index (χ1v) is 6.11. The Morgan fingerprint density at radius 1 is 1.07 bits per heavy atom. The molecule has 0 aromatic heterocycles. The molecular weight excluding hydrogens is 174 g/mol. The van der Waals surface area contributed by atoms with E-state index in [4.69, 9.17) is 5.11 Å². The summed E-state index contributed by atoms with van der Waals surface area (Å²) >= 11 is 0. The maximum absolute atomic E-state index is 8.73. The van der Waals surface area contributed by atoms with Gasteiger partial charge in [-0.25, -0.2) is 0 Å². The molecule has 0 spiro atoms. The van der Waals surface area contributed by atoms with Crippen molar-refractivity contribution in [3.05, 3.63) is 0 Å². The Kier molecular flexibility index (Phi) is 9.42. The van der Waals surface area contributed by atoms with Crippen molar-refractivity contribution >= 4 is 0 Å². The molecule has 1 atom stereocenters. The molecule has 0 amide bonds. The minimum absolute atomic E-state index is 0.318. The van der Waals surface area contributed by atoms with Gasteiger partial charge in [0.1, 0.15) is 0 Å². The Hall–Kier alpha value is -0.0800. The summed E-state index contributed by atoms with van der Waals surface area (Å²) in [5.41, 5.74) is 0. The zero-order valence-corrected chi connectivity index (χ0v) is 10.1. The third-order valence-corrected chi connectivity index (χ3v) is 2.59. The summed E-state index contributed by atoms with van der Waals surface area (Å²) in [5, 5.41) is 12.4. The molecule has 0 aliphatic carbocycles. The van der Waals surface area contributed by atoms with Crippen LogP contribution in [0.25, 0.3) is 0 Å². The minimum atomic E-state index is 0.318. The number of rotatable bonds is 9. The van der Waals surface area contributed by atoms with Gasteiger partial charge in [-0.05, 0) is 32.6 Å². The third-order valence-electron chi connectivity index (χ3n) is 2.59. The zero-order valence-electron chi connectivity index (χ0n) is 10.1. The summed E-state index contributed by atoms with van der Waals surface area (Å²) < 4.78 is 0. The van der Waals surface area contributed by atoms with Crippen molar-refractivity contribution < 1.29 is 5.11 Å². The Labute approximate surface area is 89.1 Å². The van der Waals surface area contributed by atoms with E-state index >= 15 is 0 Å². The molecule has 0 aliphatic rings. The van der Waals surface area contributed by atoms with E-state index in [0.717, 1.165) is 12.8 Å². The lowest BCUT2D eigenvalue weighted by Gasteiger charge is -2.22. The van der Waals surface area contributed by atoms with Gasteiger partial charge in [-0.3, -0.25) is 0 Å². The van der Waals surface area contributed by atoms with Gasteiger partial charge in [0.2, 0.25) is 0 Å². The third kappa shape index (κ3) is 7.34. The first-order chi connectivity index (χ1) is 6.74. The summed E-state index contributed by atoms with van der Waals surface area (Å²) in [7, 11) is 0. The Balaban J connectivity index is 3.64. The zero-order chi connectivity index (χ0) is 10.8. The van der Waals surface area contributed by atoms with Crippen LogP contribution in [0, 0.1) is 0 Å². The van der Waals surface area contributed by atoms with Crippen LogP contribution in [0.4, 0.5) is 0 Å². The lowest BCUT2D eigenvalue weighted by molar-refractivity contribution is 0.271. The topological polar surface area (TPSA) is 32.3 Å². The highest BCUT2D eigenvalue weighted by Gasteiger charge is 2.09. The average molecular weight is 201 g/mol. The van der Waals surface area contributed by atoms with Crippen LogP contribution in [-0.2, 0) is 0 Å². The summed E-state index contributed by atoms with van der Waals surface area (Å²) in [6.45, 7) is 7.01. The SMILES string of the molecule is CCCC(CCC)N[C@@H](C)CCCO. The largest absolute Gasteiger partial charge is 0.396 e. The molecule has 0 heterocycles. The van der Waals surface area contributed by atoms with Gasteiger partial charge in [0, 0.05) is 18.7 Å². The predicted molar refractivity (Wildman–Crippen MR) is 62.5 cm³/mol. The smallest absolute Gasteiger partial charge is 0.0431 e. The molecule has 0 bridgehead atoms. The summed E-state index contributed by atoms with van der Waals surface area (Å²) in [6, 6.07) is 1.23. The maximum Gasteiger partial charge on any atom is 0.0431 e. The van der Waals surface area contributed by atoms with Crippen molar-refractivity contribution in [2.75, 3.05) is 6.61 Å². The molecule has 0 saturated heterocycles. The fourth-order valence-corrected chi connectivity index (χ4v) is 1.89. The van der Waals surface area contributed by atoms with Gasteiger partial charge in [-0.1, -0.05) is 26.7 Å². The molecule has 2 heteroatoms. The molecule has 0 rings (SSSR count). The van der Waals surface area contributed by atoms with Gasteiger partial charge in [0.05, 0.1) is 0 Å². The van der Waals surface area contributed by atoms with E-state index in [1.54, 1.807) is 0 Å². The lowest BCUT2D eigenvalue weighted by Crippen LogP contribution is -2.36. The second-order valence-electron chi connectivity index (χ2n) is 4.21. The second-order valence-corrected chi connectivity index (χ2v) is 4.21. The number of nitrogens with one attached hydrogen (secondary N) is 1. The number of hydrogen-bond acceptors (Lipinski definition) is 2. The average Bonchev–Trinajstić information content (AvgIpc) is 2.15. The first-order valence-electron chi connectivity index (χ1n) is 6.11. The number of aliphatic hydroxyl groups excluding tert-OH is 1. The van der Waals surface area contributed by atoms with Gasteiger partial charge in [-0.15, -0.1) is 0 Å². The molecule has 0 saturated carbocycles. The molecular formula is C12H27NO. The van der Waals surface area contributed by atoms with Crippen LogP contribution in [0.3, 0.4) is 0 Å². The number of aliphatic hydroxyl groups is 1. The van der Waals surface area contributed by atoms with Crippen LogP contribution in [0.2, 0.25) is 0 Å². The first kappa shape index (κ1) is 13.9. The molecule has 86 valence electrons. The Morgan fingerprint density at radius 3 is 2.07 bits per heavy atom. The summed E-state index contributed by atoms with van der Waals surface area (Å²) in [5.74, 6) is 0. The minimum Gasteiger partial charge on any atom is -0.396 e. The standard InChI is InChI=1S/C12H27NO/c1-4-7-12(8-5-2)13-11(3)9-6-10-14/h11-14H,4-10H2,1-3H3/t11-/m0/s1. The van der Waals surface area contributed by atoms with Gasteiger partial charge in [0.15, 0.2) is 0 Å². The van der Waals surface area contributed by atoms with Gasteiger partial charge >= 0.3 is 0 Å². The molecule has 0 fully saturated rings. The maximum atomic E-state index is 8.73. The van der Waals surface area contributed by atoms with Crippen LogP contribution in [-0.4, -0.2) is 23.8 Å². The van der Waals surface area contributed by atoms with Crippen molar-refractivity contribution in [1.29, 1.82) is 0 Å². The Morgan fingerprint density at radius 2 is 1.64 bits per heavy atom. The molecule has 2 N–H and O–H groups in total. The van der Waals surface area contributed by atoms with Crippen molar-refractivity contribution in [2.45, 2.75) is 71.4 Å². The van der Waals surface area contributed by atoms with Crippen molar-refractivity contribution in [2.24, 2.45) is 0 Å². The highest BCUT2D eigenvalue weighted by atomic mass is 16.2. The highest BCUT2D eigenvalue weighted by Crippen LogP contribution is 2.07. The predicted octanol–water partition coefficient (Wildman–Crippen LogP) is 2.71. The van der Waals surface area contributed by atoms with Crippen LogP contribution < -0.4 is 5.32 Å². The van der Waals surface area contributed by atoms with E-state index in [9.17, 15) is 0 Å². The Bertz CT molecular complexity index is 111. The molecule has 2 nitrogen and oxygen atoms in total. The van der Waals surface area contributed by atoms with E-state index in [1.165, 1.54) is 25.7 Å². The summed E-state index contributed by atoms with van der Waals surface area (Å²) in [4.78, 5) is 0. The van der Waals surface area contributed by atoms with E-state index in [0.29, 0.717) is 18.7 Å². The van der Waals surface area contributed by atoms with Crippen LogP contribution in [0.1, 0.15) is 59.3 Å². The van der Waals surface area contributed by atoms with Crippen molar-refractivity contribution in [3.8, 4) is 0 Å². The van der Waals surface area contributed by atoms with E-state index in [1.807, 2.05) is 0 Å². The molecule has 0 aromatic carbocycles. The van der Waals surface area contributed by atoms with Crippen molar-refractivity contribution in [1.82, 2.24) is 5.32 Å². The van der Waals surface area contributed by atoms with Crippen LogP contribution in [0.15, 0.2) is 0 Å². The highest BCUT2D eigenvalue weighted by molar-refractivity contribution is 4.70. The molecule has 0 radical (unpaired) electrons. The van der Waals surface area contributed by atoms with Crippen LogP contribution >= 0.6 is 0 Å². The van der Waals surface area contributed by atoms with Gasteiger partial charge < -0.3 is 10.4 Å². The quantitative estimate of drug-likeness (QED) is 0.601. The fraction of sp³-hybridized carbons (Fsp3) is 1.00. The van der Waals surface area contributed by atoms with Crippen LogP contribution in [0.5, 0.6) is 0 Å². The van der Waals surface area contributed by atoms with E-state index in [2.05, 4.69) is 26.1 Å².